The minimum atomic E-state index is -1.16. The fraction of sp³-hybridized carbons (Fsp3) is 0.700. The number of fused-ring (bicyclic) bond motifs is 5. The Hall–Kier alpha value is -1.49. The average molecular weight is 467 g/mol. The van der Waals surface area contributed by atoms with Gasteiger partial charge in [-0.05, 0) is 86.2 Å². The van der Waals surface area contributed by atoms with E-state index in [0.717, 1.165) is 44.1 Å². The maximum absolute atomic E-state index is 12.4. The molecule has 7 atom stereocenters. The normalized spacial score (nSPS) is 43.5. The summed E-state index contributed by atoms with van der Waals surface area (Å²) in [5, 5.41) is 22.7. The SMILES string of the molecule is CCc1ccc(CO[C@]2(O)CC[C@@]3(C)C(=CC[C@@H]4[C@@H]3CC[C@@]3(C)[C@H]4CC[C@]3(O)C(C)=O)C2)cc1. The third kappa shape index (κ3) is 3.55. The van der Waals surface area contributed by atoms with Crippen molar-refractivity contribution in [2.45, 2.75) is 103 Å². The van der Waals surface area contributed by atoms with Gasteiger partial charge < -0.3 is 14.9 Å². The number of hydrogen-bond acceptors (Lipinski definition) is 4. The van der Waals surface area contributed by atoms with E-state index in [1.807, 2.05) is 0 Å². The topological polar surface area (TPSA) is 66.8 Å². The average Bonchev–Trinajstić information content (AvgIpc) is 3.11. The van der Waals surface area contributed by atoms with Crippen molar-refractivity contribution in [3.05, 3.63) is 47.0 Å². The summed E-state index contributed by atoms with van der Waals surface area (Å²) in [6.07, 6.45) is 10.0. The Kier molecular flexibility index (Phi) is 5.90. The Morgan fingerprint density at radius 3 is 2.35 bits per heavy atom. The van der Waals surface area contributed by atoms with Crippen LogP contribution in [0.2, 0.25) is 0 Å². The lowest BCUT2D eigenvalue weighted by molar-refractivity contribution is -0.232. The van der Waals surface area contributed by atoms with Gasteiger partial charge in [-0.3, -0.25) is 4.79 Å². The van der Waals surface area contributed by atoms with Gasteiger partial charge in [0, 0.05) is 18.3 Å². The highest BCUT2D eigenvalue weighted by molar-refractivity contribution is 5.86. The van der Waals surface area contributed by atoms with Gasteiger partial charge in [0.1, 0.15) is 5.60 Å². The lowest BCUT2D eigenvalue weighted by Gasteiger charge is -2.59. The summed E-state index contributed by atoms with van der Waals surface area (Å²) < 4.78 is 6.14. The van der Waals surface area contributed by atoms with Gasteiger partial charge in [-0.25, -0.2) is 0 Å². The molecule has 0 aromatic heterocycles. The molecule has 1 aromatic rings. The van der Waals surface area contributed by atoms with Crippen molar-refractivity contribution in [1.29, 1.82) is 0 Å². The number of aliphatic hydroxyl groups is 2. The number of carbonyl (C=O) groups is 1. The Morgan fingerprint density at radius 2 is 1.68 bits per heavy atom. The molecule has 4 heteroatoms. The monoisotopic (exact) mass is 466 g/mol. The van der Waals surface area contributed by atoms with Crippen LogP contribution in [0.15, 0.2) is 35.9 Å². The number of allylic oxidation sites excluding steroid dienone is 1. The molecule has 3 fully saturated rings. The van der Waals surface area contributed by atoms with Crippen LogP contribution >= 0.6 is 0 Å². The van der Waals surface area contributed by atoms with Crippen molar-refractivity contribution in [2.75, 3.05) is 0 Å². The number of ketones is 1. The van der Waals surface area contributed by atoms with Crippen molar-refractivity contribution < 1.29 is 19.7 Å². The van der Waals surface area contributed by atoms with Crippen LogP contribution < -0.4 is 0 Å². The number of Topliss-reactive ketones (excluding diaryl/α,β-unsaturated/α-hetero) is 1. The van der Waals surface area contributed by atoms with Crippen LogP contribution in [0.3, 0.4) is 0 Å². The van der Waals surface area contributed by atoms with E-state index in [0.29, 0.717) is 43.6 Å². The first kappa shape index (κ1) is 24.2. The smallest absolute Gasteiger partial charge is 0.169 e. The van der Waals surface area contributed by atoms with Gasteiger partial charge in [-0.2, -0.15) is 0 Å². The summed E-state index contributed by atoms with van der Waals surface area (Å²) in [5.41, 5.74) is 2.36. The second-order valence-corrected chi connectivity index (χ2v) is 12.3. The van der Waals surface area contributed by atoms with Crippen LogP contribution in [0.25, 0.3) is 0 Å². The van der Waals surface area contributed by atoms with E-state index in [1.165, 1.54) is 11.1 Å². The largest absolute Gasteiger partial charge is 0.382 e. The molecule has 0 bridgehead atoms. The molecule has 0 saturated heterocycles. The highest BCUT2D eigenvalue weighted by Gasteiger charge is 2.65. The quantitative estimate of drug-likeness (QED) is 0.429. The molecule has 0 amide bonds. The molecule has 0 heterocycles. The van der Waals surface area contributed by atoms with Crippen molar-refractivity contribution in [3.8, 4) is 0 Å². The third-order valence-corrected chi connectivity index (χ3v) is 10.8. The molecular weight excluding hydrogens is 424 g/mol. The number of aryl methyl sites for hydroxylation is 1. The van der Waals surface area contributed by atoms with Crippen molar-refractivity contribution in [1.82, 2.24) is 0 Å². The lowest BCUT2D eigenvalue weighted by atomic mass is 9.46. The summed E-state index contributed by atoms with van der Waals surface area (Å²) in [5.74, 6) is 0.278. The summed E-state index contributed by atoms with van der Waals surface area (Å²) in [6, 6.07) is 8.47. The molecule has 0 spiro atoms. The highest BCUT2D eigenvalue weighted by atomic mass is 16.6. The van der Waals surface area contributed by atoms with Crippen LogP contribution in [-0.4, -0.2) is 27.4 Å². The first-order chi connectivity index (χ1) is 16.0. The van der Waals surface area contributed by atoms with Gasteiger partial charge in [0.15, 0.2) is 11.6 Å². The Labute approximate surface area is 204 Å². The molecule has 4 aliphatic rings. The van der Waals surface area contributed by atoms with E-state index < -0.39 is 11.4 Å². The Bertz CT molecular complexity index is 982. The summed E-state index contributed by atoms with van der Waals surface area (Å²) in [4.78, 5) is 12.4. The summed E-state index contributed by atoms with van der Waals surface area (Å²) in [7, 11) is 0. The van der Waals surface area contributed by atoms with Gasteiger partial charge in [0.05, 0.1) is 6.61 Å². The third-order valence-electron chi connectivity index (χ3n) is 10.8. The highest BCUT2D eigenvalue weighted by Crippen LogP contribution is 2.67. The van der Waals surface area contributed by atoms with Gasteiger partial charge in [-0.1, -0.05) is 56.7 Å². The molecule has 3 saturated carbocycles. The minimum Gasteiger partial charge on any atom is -0.382 e. The van der Waals surface area contributed by atoms with Crippen molar-refractivity contribution in [3.63, 3.8) is 0 Å². The molecular formula is C30H42O4. The number of rotatable bonds is 5. The molecule has 0 radical (unpaired) electrons. The number of ether oxygens (including phenoxy) is 1. The fourth-order valence-electron chi connectivity index (χ4n) is 8.42. The van der Waals surface area contributed by atoms with Gasteiger partial charge >= 0.3 is 0 Å². The first-order valence-corrected chi connectivity index (χ1v) is 13.4. The van der Waals surface area contributed by atoms with E-state index in [9.17, 15) is 15.0 Å². The second kappa shape index (κ2) is 8.28. The molecule has 0 unspecified atom stereocenters. The van der Waals surface area contributed by atoms with Crippen LogP contribution in [-0.2, 0) is 22.6 Å². The van der Waals surface area contributed by atoms with E-state index >= 15 is 0 Å². The second-order valence-electron chi connectivity index (χ2n) is 12.3. The molecule has 186 valence electrons. The van der Waals surface area contributed by atoms with Crippen molar-refractivity contribution >= 4 is 5.78 Å². The van der Waals surface area contributed by atoms with Crippen LogP contribution in [0, 0.1) is 28.6 Å². The molecule has 1 aromatic carbocycles. The predicted octanol–water partition coefficient (Wildman–Crippen LogP) is 5.74. The molecule has 34 heavy (non-hydrogen) atoms. The number of hydrogen-bond donors (Lipinski definition) is 2. The maximum Gasteiger partial charge on any atom is 0.169 e. The molecule has 5 rings (SSSR count). The molecule has 2 N–H and O–H groups in total. The van der Waals surface area contributed by atoms with Crippen molar-refractivity contribution in [2.24, 2.45) is 28.6 Å². The van der Waals surface area contributed by atoms with Crippen LogP contribution in [0.5, 0.6) is 0 Å². The van der Waals surface area contributed by atoms with Crippen LogP contribution in [0.1, 0.15) is 90.2 Å². The van der Waals surface area contributed by atoms with Crippen LogP contribution in [0.4, 0.5) is 0 Å². The zero-order chi connectivity index (χ0) is 24.4. The Morgan fingerprint density at radius 1 is 1.00 bits per heavy atom. The molecule has 4 aliphatic carbocycles. The van der Waals surface area contributed by atoms with Gasteiger partial charge in [0.2, 0.25) is 0 Å². The zero-order valence-corrected chi connectivity index (χ0v) is 21.4. The zero-order valence-electron chi connectivity index (χ0n) is 21.4. The van der Waals surface area contributed by atoms with E-state index in [-0.39, 0.29) is 16.6 Å². The van der Waals surface area contributed by atoms with Gasteiger partial charge in [0.25, 0.3) is 0 Å². The predicted molar refractivity (Wildman–Crippen MR) is 133 cm³/mol. The minimum absolute atomic E-state index is 0.0570. The number of benzene rings is 1. The van der Waals surface area contributed by atoms with E-state index in [4.69, 9.17) is 4.74 Å². The maximum atomic E-state index is 12.4. The summed E-state index contributed by atoms with van der Waals surface area (Å²) >= 11 is 0. The first-order valence-electron chi connectivity index (χ1n) is 13.4. The molecule has 4 nitrogen and oxygen atoms in total. The summed E-state index contributed by atoms with van der Waals surface area (Å²) in [6.45, 7) is 8.72. The fourth-order valence-corrected chi connectivity index (χ4v) is 8.42. The number of carbonyl (C=O) groups excluding carboxylic acids is 1. The van der Waals surface area contributed by atoms with Gasteiger partial charge in [-0.15, -0.1) is 0 Å². The Balaban J connectivity index is 1.32. The lowest BCUT2D eigenvalue weighted by Crippen LogP contribution is -2.57. The van der Waals surface area contributed by atoms with E-state index in [2.05, 4.69) is 51.1 Å². The molecule has 0 aliphatic heterocycles. The van der Waals surface area contributed by atoms with E-state index in [1.54, 1.807) is 6.92 Å². The standard InChI is InChI=1S/C30H42O4/c1-5-21-6-8-22(9-7-21)19-34-29(32)17-16-27(3)23(18-29)10-11-24-25(27)12-14-28(4)26(24)13-15-30(28,33)20(2)31/h6-10,24-26,32-33H,5,11-19H2,1-4H3/t24-,25+,26+,27+,28+,29-,30+/m1/s1.